The first kappa shape index (κ1) is 12.4. The summed E-state index contributed by atoms with van der Waals surface area (Å²) in [4.78, 5) is 39.0. The summed E-state index contributed by atoms with van der Waals surface area (Å²) in [6.07, 6.45) is 2.24. The minimum absolute atomic E-state index is 0.00875. The number of ketones is 1. The van der Waals surface area contributed by atoms with E-state index in [4.69, 9.17) is 4.74 Å². The molecule has 104 valence electrons. The van der Waals surface area contributed by atoms with Crippen LogP contribution in [0.25, 0.3) is 0 Å². The van der Waals surface area contributed by atoms with E-state index in [2.05, 4.69) is 0 Å². The molecule has 0 radical (unpaired) electrons. The maximum Gasteiger partial charge on any atom is 0.409 e. The summed E-state index contributed by atoms with van der Waals surface area (Å²) in [5, 5.41) is 0. The molecule has 19 heavy (non-hydrogen) atoms. The van der Waals surface area contributed by atoms with Crippen molar-refractivity contribution in [1.82, 2.24) is 9.80 Å². The zero-order valence-electron chi connectivity index (χ0n) is 11.2. The van der Waals surface area contributed by atoms with Gasteiger partial charge in [-0.1, -0.05) is 0 Å². The third-order valence-corrected chi connectivity index (χ3v) is 4.97. The van der Waals surface area contributed by atoms with Gasteiger partial charge in [0.05, 0.1) is 19.1 Å². The van der Waals surface area contributed by atoms with E-state index in [0.717, 1.165) is 12.8 Å². The fourth-order valence-electron chi connectivity index (χ4n) is 3.86. The minimum atomic E-state index is -0.418. The number of ether oxygens (including phenoxy) is 1. The van der Waals surface area contributed by atoms with Crippen LogP contribution >= 0.6 is 0 Å². The van der Waals surface area contributed by atoms with Gasteiger partial charge in [-0.25, -0.2) is 4.79 Å². The van der Waals surface area contributed by atoms with Crippen LogP contribution in [0.3, 0.4) is 0 Å². The Morgan fingerprint density at radius 3 is 2.84 bits per heavy atom. The molecule has 6 heteroatoms. The van der Waals surface area contributed by atoms with Crippen molar-refractivity contribution in [2.45, 2.75) is 37.3 Å². The first-order chi connectivity index (χ1) is 8.98. The Morgan fingerprint density at radius 2 is 2.16 bits per heavy atom. The Hall–Kier alpha value is -1.59. The predicted octanol–water partition coefficient (Wildman–Crippen LogP) is 0.407. The minimum Gasteiger partial charge on any atom is -0.453 e. The van der Waals surface area contributed by atoms with Crippen molar-refractivity contribution in [3.05, 3.63) is 0 Å². The van der Waals surface area contributed by atoms with Gasteiger partial charge in [0.2, 0.25) is 5.91 Å². The second-order valence-corrected chi connectivity index (χ2v) is 5.84. The Labute approximate surface area is 111 Å². The largest absolute Gasteiger partial charge is 0.453 e. The van der Waals surface area contributed by atoms with Gasteiger partial charge in [0.25, 0.3) is 0 Å². The molecular formula is C13H18N2O4. The fraction of sp³-hybridized carbons (Fsp3) is 0.769. The Kier molecular flexibility index (Phi) is 2.59. The molecule has 2 saturated heterocycles. The Morgan fingerprint density at radius 1 is 1.42 bits per heavy atom. The summed E-state index contributed by atoms with van der Waals surface area (Å²) in [6, 6.07) is -0.00875. The highest BCUT2D eigenvalue weighted by atomic mass is 16.5. The molecule has 1 saturated carbocycles. The summed E-state index contributed by atoms with van der Waals surface area (Å²) in [6.45, 7) is 0.522. The molecule has 0 unspecified atom stereocenters. The van der Waals surface area contributed by atoms with E-state index in [9.17, 15) is 14.4 Å². The van der Waals surface area contributed by atoms with E-state index >= 15 is 0 Å². The maximum atomic E-state index is 12.3. The third kappa shape index (κ3) is 1.58. The molecule has 0 N–H and O–H groups in total. The number of nitrogens with zero attached hydrogens (tertiary/aromatic N) is 2. The van der Waals surface area contributed by atoms with Crippen LogP contribution in [0.4, 0.5) is 4.79 Å². The summed E-state index contributed by atoms with van der Waals surface area (Å²) in [5.74, 6) is -0.371. The van der Waals surface area contributed by atoms with Crippen LogP contribution in [0, 0.1) is 5.92 Å². The third-order valence-electron chi connectivity index (χ3n) is 4.97. The number of Topliss-reactive ketones (excluding diaryl/α,β-unsaturated/α-hetero) is 1. The van der Waals surface area contributed by atoms with Gasteiger partial charge < -0.3 is 14.5 Å². The molecule has 2 amide bonds. The molecule has 0 aromatic heterocycles. The van der Waals surface area contributed by atoms with Crippen molar-refractivity contribution in [2.24, 2.45) is 5.92 Å². The van der Waals surface area contributed by atoms with E-state index in [1.54, 1.807) is 11.9 Å². The van der Waals surface area contributed by atoms with E-state index in [1.165, 1.54) is 7.11 Å². The van der Waals surface area contributed by atoms with Crippen LogP contribution in [-0.2, 0) is 14.3 Å². The van der Waals surface area contributed by atoms with Gasteiger partial charge in [0.15, 0.2) is 0 Å². The number of amides is 2. The molecule has 2 aliphatic heterocycles. The monoisotopic (exact) mass is 266 g/mol. The molecule has 3 fully saturated rings. The molecule has 6 nitrogen and oxygen atoms in total. The highest BCUT2D eigenvalue weighted by Crippen LogP contribution is 2.50. The van der Waals surface area contributed by atoms with Crippen molar-refractivity contribution < 1.29 is 19.1 Å². The second kappa shape index (κ2) is 3.95. The second-order valence-electron chi connectivity index (χ2n) is 5.84. The van der Waals surface area contributed by atoms with Crippen molar-refractivity contribution in [2.75, 3.05) is 20.7 Å². The van der Waals surface area contributed by atoms with Crippen LogP contribution in [-0.4, -0.2) is 59.9 Å². The number of carbonyl (C=O) groups excluding carboxylic acids is 3. The molecule has 0 aromatic carbocycles. The lowest BCUT2D eigenvalue weighted by atomic mass is 9.77. The topological polar surface area (TPSA) is 66.9 Å². The fourth-order valence-corrected chi connectivity index (χ4v) is 3.86. The predicted molar refractivity (Wildman–Crippen MR) is 65.4 cm³/mol. The van der Waals surface area contributed by atoms with Gasteiger partial charge in [-0.3, -0.25) is 9.59 Å². The Bertz CT molecular complexity index is 464. The molecule has 1 aliphatic carbocycles. The van der Waals surface area contributed by atoms with Crippen molar-refractivity contribution in [3.63, 3.8) is 0 Å². The van der Waals surface area contributed by atoms with Gasteiger partial charge in [-0.15, -0.1) is 0 Å². The number of hydrogen-bond acceptors (Lipinski definition) is 4. The molecule has 2 heterocycles. The van der Waals surface area contributed by atoms with E-state index in [0.29, 0.717) is 19.4 Å². The zero-order valence-corrected chi connectivity index (χ0v) is 11.2. The summed E-state index contributed by atoms with van der Waals surface area (Å²) in [7, 11) is 3.05. The van der Waals surface area contributed by atoms with Crippen LogP contribution in [0.2, 0.25) is 0 Å². The van der Waals surface area contributed by atoms with Crippen molar-refractivity contribution >= 4 is 17.8 Å². The van der Waals surface area contributed by atoms with Crippen LogP contribution in [0.5, 0.6) is 0 Å². The molecule has 3 aliphatic rings. The smallest absolute Gasteiger partial charge is 0.409 e. The number of likely N-dealkylation sites (N-methyl/N-ethyl adjacent to an activating group) is 1. The number of carbonyl (C=O) groups is 3. The first-order valence-electron chi connectivity index (χ1n) is 6.63. The number of methoxy groups -OCH3 is 1. The van der Waals surface area contributed by atoms with E-state index < -0.39 is 5.92 Å². The van der Waals surface area contributed by atoms with Gasteiger partial charge in [0.1, 0.15) is 5.78 Å². The first-order valence-corrected chi connectivity index (χ1v) is 6.63. The SMILES string of the molecule is COC(=O)N(C)[C@H]1CN2C(=O)[C@H]3C[C@@]2(CCC3=O)C1. The standard InChI is InChI=1S/C13H18N2O4/c1-14(12(18)19-2)8-5-13-4-3-10(16)9(6-13)11(17)15(13)7-8/h8-9H,3-7H2,1-2H3/t8-,9+,13-/m1/s1. The molecule has 0 aromatic rings. The number of rotatable bonds is 1. The lowest BCUT2D eigenvalue weighted by molar-refractivity contribution is -0.136. The maximum absolute atomic E-state index is 12.3. The lowest BCUT2D eigenvalue weighted by Crippen LogP contribution is -2.40. The quantitative estimate of drug-likeness (QED) is 0.645. The summed E-state index contributed by atoms with van der Waals surface area (Å²) < 4.78 is 4.72. The Balaban J connectivity index is 1.81. The number of fused-ring (bicyclic) bond motifs is 1. The zero-order chi connectivity index (χ0) is 13.8. The number of hydrogen-bond donors (Lipinski definition) is 0. The lowest BCUT2D eigenvalue weighted by Gasteiger charge is -2.33. The van der Waals surface area contributed by atoms with Crippen LogP contribution in [0.15, 0.2) is 0 Å². The van der Waals surface area contributed by atoms with Crippen molar-refractivity contribution in [3.8, 4) is 0 Å². The van der Waals surface area contributed by atoms with Crippen LogP contribution < -0.4 is 0 Å². The highest BCUT2D eigenvalue weighted by molar-refractivity contribution is 6.05. The highest BCUT2D eigenvalue weighted by Gasteiger charge is 2.60. The molecule has 3 rings (SSSR count). The van der Waals surface area contributed by atoms with E-state index in [1.807, 2.05) is 4.90 Å². The molecule has 3 atom stereocenters. The molecule has 1 spiro atoms. The van der Waals surface area contributed by atoms with Gasteiger partial charge in [-0.05, 0) is 19.3 Å². The van der Waals surface area contributed by atoms with Gasteiger partial charge in [-0.2, -0.15) is 0 Å². The summed E-state index contributed by atoms with van der Waals surface area (Å²) >= 11 is 0. The normalized spacial score (nSPS) is 36.4. The average molecular weight is 266 g/mol. The average Bonchev–Trinajstić information content (AvgIpc) is 2.87. The van der Waals surface area contributed by atoms with Crippen molar-refractivity contribution in [1.29, 1.82) is 0 Å². The van der Waals surface area contributed by atoms with Gasteiger partial charge in [0, 0.05) is 25.6 Å². The summed E-state index contributed by atoms with van der Waals surface area (Å²) in [5.41, 5.74) is -0.192. The molecule has 2 bridgehead atoms. The van der Waals surface area contributed by atoms with Crippen LogP contribution in [0.1, 0.15) is 25.7 Å². The van der Waals surface area contributed by atoms with Gasteiger partial charge >= 0.3 is 6.09 Å². The molecular weight excluding hydrogens is 248 g/mol. The van der Waals surface area contributed by atoms with E-state index in [-0.39, 0.29) is 29.4 Å².